The van der Waals surface area contributed by atoms with Crippen LogP contribution in [0.5, 0.6) is 0 Å². The first-order valence-corrected chi connectivity index (χ1v) is 8.58. The van der Waals surface area contributed by atoms with E-state index in [0.29, 0.717) is 23.5 Å². The molecule has 3 aliphatic rings. The number of hydrogen-bond donors (Lipinski definition) is 0. The summed E-state index contributed by atoms with van der Waals surface area (Å²) in [6.07, 6.45) is 12.3. The molecular formula is C20H28O2. The lowest BCUT2D eigenvalue weighted by Crippen LogP contribution is -2.48. The second-order valence-corrected chi connectivity index (χ2v) is 8.19. The standard InChI is InChI=1S/C20H28O2/c1-14-6-9-17-19(2,3)11-5-12-20(17,4)16(14)8-7-15-10-13-22-18(15)21/h7-8,10,16-17H,1,5-6,9,11-13H2,2-4H3/t16?,17-,20+/m0/s1. The van der Waals surface area contributed by atoms with E-state index in [1.807, 2.05) is 12.2 Å². The Bertz CT molecular complexity index is 552. The van der Waals surface area contributed by atoms with E-state index in [2.05, 4.69) is 33.4 Å². The molecular weight excluding hydrogens is 272 g/mol. The average molecular weight is 300 g/mol. The van der Waals surface area contributed by atoms with Crippen LogP contribution in [0.15, 0.2) is 36.0 Å². The van der Waals surface area contributed by atoms with Crippen molar-refractivity contribution >= 4 is 5.97 Å². The number of cyclic esters (lactones) is 1. The summed E-state index contributed by atoms with van der Waals surface area (Å²) in [5.74, 6) is 0.918. The third-order valence-electron chi connectivity index (χ3n) is 6.40. The van der Waals surface area contributed by atoms with E-state index in [9.17, 15) is 4.79 Å². The first-order valence-electron chi connectivity index (χ1n) is 8.58. The zero-order valence-electron chi connectivity index (χ0n) is 14.2. The molecule has 0 aromatic heterocycles. The number of rotatable bonds is 2. The van der Waals surface area contributed by atoms with Crippen molar-refractivity contribution in [3.63, 3.8) is 0 Å². The summed E-state index contributed by atoms with van der Waals surface area (Å²) >= 11 is 0. The van der Waals surface area contributed by atoms with Gasteiger partial charge in [-0.05, 0) is 48.5 Å². The van der Waals surface area contributed by atoms with Gasteiger partial charge < -0.3 is 4.74 Å². The highest BCUT2D eigenvalue weighted by molar-refractivity contribution is 5.93. The number of fused-ring (bicyclic) bond motifs is 1. The molecule has 2 saturated carbocycles. The molecule has 1 aliphatic heterocycles. The van der Waals surface area contributed by atoms with Crippen molar-refractivity contribution in [2.24, 2.45) is 22.7 Å². The van der Waals surface area contributed by atoms with Gasteiger partial charge >= 0.3 is 5.97 Å². The smallest absolute Gasteiger partial charge is 0.338 e. The zero-order chi connectivity index (χ0) is 16.0. The van der Waals surface area contributed by atoms with Gasteiger partial charge in [0.05, 0.1) is 5.57 Å². The first-order chi connectivity index (χ1) is 10.3. The van der Waals surface area contributed by atoms with Crippen molar-refractivity contribution in [1.82, 2.24) is 0 Å². The zero-order valence-corrected chi connectivity index (χ0v) is 14.2. The highest BCUT2D eigenvalue weighted by Gasteiger charge is 2.52. The predicted octanol–water partition coefficient (Wildman–Crippen LogP) is 4.82. The van der Waals surface area contributed by atoms with Gasteiger partial charge in [-0.15, -0.1) is 0 Å². The van der Waals surface area contributed by atoms with Crippen LogP contribution in [0.4, 0.5) is 0 Å². The van der Waals surface area contributed by atoms with Gasteiger partial charge in [0.1, 0.15) is 6.61 Å². The van der Waals surface area contributed by atoms with Gasteiger partial charge in [-0.25, -0.2) is 4.79 Å². The number of carbonyl (C=O) groups is 1. The molecule has 2 fully saturated rings. The van der Waals surface area contributed by atoms with Crippen molar-refractivity contribution < 1.29 is 9.53 Å². The van der Waals surface area contributed by atoms with Crippen LogP contribution in [0.1, 0.15) is 52.9 Å². The fraction of sp³-hybridized carbons (Fsp3) is 0.650. The van der Waals surface area contributed by atoms with E-state index >= 15 is 0 Å². The van der Waals surface area contributed by atoms with Crippen LogP contribution >= 0.6 is 0 Å². The number of hydrogen-bond acceptors (Lipinski definition) is 2. The predicted molar refractivity (Wildman–Crippen MR) is 89.3 cm³/mol. The van der Waals surface area contributed by atoms with Gasteiger partial charge in [0, 0.05) is 5.92 Å². The van der Waals surface area contributed by atoms with Crippen LogP contribution in [0, 0.1) is 22.7 Å². The lowest BCUT2D eigenvalue weighted by Gasteiger charge is -2.57. The molecule has 0 saturated heterocycles. The van der Waals surface area contributed by atoms with Crippen molar-refractivity contribution in [2.75, 3.05) is 6.61 Å². The molecule has 0 N–H and O–H groups in total. The highest BCUT2D eigenvalue weighted by Crippen LogP contribution is 2.61. The van der Waals surface area contributed by atoms with Gasteiger partial charge in [-0.1, -0.05) is 51.5 Å². The molecule has 1 heterocycles. The van der Waals surface area contributed by atoms with Crippen LogP contribution in [0.25, 0.3) is 0 Å². The molecule has 2 nitrogen and oxygen atoms in total. The molecule has 3 atom stereocenters. The van der Waals surface area contributed by atoms with Crippen molar-refractivity contribution in [2.45, 2.75) is 52.9 Å². The van der Waals surface area contributed by atoms with Gasteiger partial charge in [-0.2, -0.15) is 0 Å². The third kappa shape index (κ3) is 2.47. The van der Waals surface area contributed by atoms with Crippen molar-refractivity contribution in [3.8, 4) is 0 Å². The Morgan fingerprint density at radius 3 is 2.77 bits per heavy atom. The van der Waals surface area contributed by atoms with E-state index in [0.717, 1.165) is 12.3 Å². The highest BCUT2D eigenvalue weighted by atomic mass is 16.5. The number of allylic oxidation sites excluding steroid dienone is 2. The average Bonchev–Trinajstić information content (AvgIpc) is 2.82. The molecule has 0 spiro atoms. The lowest BCUT2D eigenvalue weighted by molar-refractivity contribution is -0.135. The summed E-state index contributed by atoms with van der Waals surface area (Å²) in [6.45, 7) is 12.1. The topological polar surface area (TPSA) is 26.3 Å². The maximum Gasteiger partial charge on any atom is 0.338 e. The number of ether oxygens (including phenoxy) is 1. The van der Waals surface area contributed by atoms with Gasteiger partial charge in [-0.3, -0.25) is 0 Å². The second kappa shape index (κ2) is 5.40. The molecule has 120 valence electrons. The Labute approximate surface area is 134 Å². The van der Waals surface area contributed by atoms with Crippen LogP contribution < -0.4 is 0 Å². The molecule has 2 aliphatic carbocycles. The summed E-state index contributed by atoms with van der Waals surface area (Å²) < 4.78 is 4.99. The van der Waals surface area contributed by atoms with Crippen LogP contribution in [-0.4, -0.2) is 12.6 Å². The SMILES string of the molecule is C=C1CC[C@H]2C(C)(C)CCC[C@]2(C)C1C=CC1=CCOC1=O. The second-order valence-electron chi connectivity index (χ2n) is 8.19. The van der Waals surface area contributed by atoms with Gasteiger partial charge in [0.2, 0.25) is 0 Å². The molecule has 0 radical (unpaired) electrons. The summed E-state index contributed by atoms with van der Waals surface area (Å²) in [7, 11) is 0. The van der Waals surface area contributed by atoms with E-state index in [1.54, 1.807) is 0 Å². The maximum absolute atomic E-state index is 11.6. The van der Waals surface area contributed by atoms with Gasteiger partial charge in [0.25, 0.3) is 0 Å². The third-order valence-corrected chi connectivity index (χ3v) is 6.40. The number of esters is 1. The minimum absolute atomic E-state index is 0.191. The molecule has 3 rings (SSSR count). The van der Waals surface area contributed by atoms with E-state index in [-0.39, 0.29) is 11.4 Å². The Balaban J connectivity index is 1.89. The van der Waals surface area contributed by atoms with E-state index in [4.69, 9.17) is 4.74 Å². The molecule has 1 unspecified atom stereocenters. The minimum atomic E-state index is -0.191. The number of carbonyl (C=O) groups excluding carboxylic acids is 1. The normalized spacial score (nSPS) is 37.9. The first kappa shape index (κ1) is 15.6. The minimum Gasteiger partial charge on any atom is -0.458 e. The Hall–Kier alpha value is -1.31. The molecule has 0 amide bonds. The van der Waals surface area contributed by atoms with E-state index in [1.165, 1.54) is 31.3 Å². The van der Waals surface area contributed by atoms with Crippen LogP contribution in [-0.2, 0) is 9.53 Å². The van der Waals surface area contributed by atoms with Crippen molar-refractivity contribution in [3.05, 3.63) is 36.0 Å². The monoisotopic (exact) mass is 300 g/mol. The summed E-state index contributed by atoms with van der Waals surface area (Å²) in [4.78, 5) is 11.6. The summed E-state index contributed by atoms with van der Waals surface area (Å²) in [5.41, 5.74) is 2.72. The Kier molecular flexibility index (Phi) is 3.82. The molecule has 0 aromatic carbocycles. The molecule has 0 aromatic rings. The molecule has 0 bridgehead atoms. The Morgan fingerprint density at radius 1 is 1.32 bits per heavy atom. The van der Waals surface area contributed by atoms with E-state index < -0.39 is 0 Å². The summed E-state index contributed by atoms with van der Waals surface area (Å²) in [6, 6.07) is 0. The largest absolute Gasteiger partial charge is 0.458 e. The molecule has 2 heteroatoms. The maximum atomic E-state index is 11.6. The quantitative estimate of drug-likeness (QED) is 0.539. The van der Waals surface area contributed by atoms with Crippen LogP contribution in [0.2, 0.25) is 0 Å². The summed E-state index contributed by atoms with van der Waals surface area (Å²) in [5, 5.41) is 0. The fourth-order valence-electron chi connectivity index (χ4n) is 5.28. The fourth-order valence-corrected chi connectivity index (χ4v) is 5.28. The van der Waals surface area contributed by atoms with Crippen molar-refractivity contribution in [1.29, 1.82) is 0 Å². The van der Waals surface area contributed by atoms with Gasteiger partial charge in [0.15, 0.2) is 0 Å². The van der Waals surface area contributed by atoms with Crippen LogP contribution in [0.3, 0.4) is 0 Å². The lowest BCUT2D eigenvalue weighted by atomic mass is 9.47. The molecule has 22 heavy (non-hydrogen) atoms. The Morgan fingerprint density at radius 2 is 2.09 bits per heavy atom.